The average Bonchev–Trinajstić information content (AvgIpc) is 2.99. The molecule has 0 aliphatic carbocycles. The summed E-state index contributed by atoms with van der Waals surface area (Å²) in [4.78, 5) is 0. The van der Waals surface area contributed by atoms with Gasteiger partial charge in [-0.3, -0.25) is 0 Å². The Bertz CT molecular complexity index is 147. The van der Waals surface area contributed by atoms with E-state index in [1.807, 2.05) is 0 Å². The Morgan fingerprint density at radius 3 is 2.33 bits per heavy atom. The second kappa shape index (κ2) is 8.12. The molecule has 0 radical (unpaired) electrons. The highest BCUT2D eigenvalue weighted by molar-refractivity contribution is 4.84. The van der Waals surface area contributed by atoms with Gasteiger partial charge in [0.2, 0.25) is 0 Å². The van der Waals surface area contributed by atoms with Crippen LogP contribution in [0.5, 0.6) is 0 Å². The van der Waals surface area contributed by atoms with E-state index in [0.717, 1.165) is 13.0 Å². The molecule has 0 bridgehead atoms. The molecule has 2 atom stereocenters. The fourth-order valence-electron chi connectivity index (χ4n) is 2.05. The van der Waals surface area contributed by atoms with Crippen LogP contribution in [0.25, 0.3) is 0 Å². The van der Waals surface area contributed by atoms with Crippen LogP contribution in [-0.4, -0.2) is 25.9 Å². The van der Waals surface area contributed by atoms with Crippen molar-refractivity contribution in [2.24, 2.45) is 0 Å². The molecule has 0 aromatic heterocycles. The van der Waals surface area contributed by atoms with E-state index in [1.54, 1.807) is 7.11 Å². The molecule has 15 heavy (non-hydrogen) atoms. The molecule has 0 N–H and O–H groups in total. The standard InChI is InChI=1S/C13H26O2/c1-3-4-5-6-7-8-9-12-13(15-12)10-11-14-2/h12-13H,3-11H2,1-2H3/t12-,13-/m0/s1. The van der Waals surface area contributed by atoms with Gasteiger partial charge in [0.05, 0.1) is 12.2 Å². The summed E-state index contributed by atoms with van der Waals surface area (Å²) in [5, 5.41) is 0. The third-order valence-electron chi connectivity index (χ3n) is 3.14. The third-order valence-corrected chi connectivity index (χ3v) is 3.14. The molecule has 1 saturated heterocycles. The lowest BCUT2D eigenvalue weighted by Gasteiger charge is -1.98. The van der Waals surface area contributed by atoms with Crippen LogP contribution in [0.15, 0.2) is 0 Å². The van der Waals surface area contributed by atoms with Crippen LogP contribution in [0.1, 0.15) is 58.3 Å². The molecule has 0 unspecified atom stereocenters. The maximum atomic E-state index is 5.57. The molecule has 1 rings (SSSR count). The molecule has 90 valence electrons. The molecule has 0 saturated carbocycles. The van der Waals surface area contributed by atoms with Gasteiger partial charge in [-0.25, -0.2) is 0 Å². The van der Waals surface area contributed by atoms with E-state index in [4.69, 9.17) is 9.47 Å². The zero-order valence-corrected chi connectivity index (χ0v) is 10.3. The summed E-state index contributed by atoms with van der Waals surface area (Å²) in [6, 6.07) is 0. The Morgan fingerprint density at radius 1 is 0.933 bits per heavy atom. The first kappa shape index (κ1) is 13.0. The summed E-state index contributed by atoms with van der Waals surface area (Å²) >= 11 is 0. The minimum atomic E-state index is 0.514. The van der Waals surface area contributed by atoms with Crippen molar-refractivity contribution < 1.29 is 9.47 Å². The van der Waals surface area contributed by atoms with Crippen LogP contribution in [0.4, 0.5) is 0 Å². The molecular weight excluding hydrogens is 188 g/mol. The average molecular weight is 214 g/mol. The fourth-order valence-corrected chi connectivity index (χ4v) is 2.05. The highest BCUT2D eigenvalue weighted by Gasteiger charge is 2.36. The zero-order chi connectivity index (χ0) is 10.9. The molecule has 1 aliphatic rings. The molecule has 0 spiro atoms. The Balaban J connectivity index is 1.78. The maximum absolute atomic E-state index is 5.57. The van der Waals surface area contributed by atoms with Gasteiger partial charge in [-0.2, -0.15) is 0 Å². The van der Waals surface area contributed by atoms with Crippen molar-refractivity contribution in [3.8, 4) is 0 Å². The minimum absolute atomic E-state index is 0.514. The van der Waals surface area contributed by atoms with Gasteiger partial charge in [-0.15, -0.1) is 0 Å². The largest absolute Gasteiger partial charge is 0.385 e. The van der Waals surface area contributed by atoms with Crippen LogP contribution in [0, 0.1) is 0 Å². The van der Waals surface area contributed by atoms with Gasteiger partial charge in [0.15, 0.2) is 0 Å². The maximum Gasteiger partial charge on any atom is 0.0863 e. The zero-order valence-electron chi connectivity index (χ0n) is 10.3. The Hall–Kier alpha value is -0.0800. The lowest BCUT2D eigenvalue weighted by Crippen LogP contribution is -1.99. The smallest absolute Gasteiger partial charge is 0.0863 e. The second-order valence-corrected chi connectivity index (χ2v) is 4.55. The van der Waals surface area contributed by atoms with Gasteiger partial charge >= 0.3 is 0 Å². The van der Waals surface area contributed by atoms with Crippen LogP contribution in [0.2, 0.25) is 0 Å². The van der Waals surface area contributed by atoms with Gasteiger partial charge < -0.3 is 9.47 Å². The Kier molecular flexibility index (Phi) is 7.03. The third kappa shape index (κ3) is 6.16. The van der Waals surface area contributed by atoms with Gasteiger partial charge in [0, 0.05) is 13.7 Å². The van der Waals surface area contributed by atoms with E-state index in [1.165, 1.54) is 44.9 Å². The lowest BCUT2D eigenvalue weighted by atomic mass is 10.1. The van der Waals surface area contributed by atoms with Crippen molar-refractivity contribution in [3.63, 3.8) is 0 Å². The van der Waals surface area contributed by atoms with Crippen molar-refractivity contribution in [1.29, 1.82) is 0 Å². The second-order valence-electron chi connectivity index (χ2n) is 4.55. The lowest BCUT2D eigenvalue weighted by molar-refractivity contribution is 0.184. The number of rotatable bonds is 10. The minimum Gasteiger partial charge on any atom is -0.385 e. The SMILES string of the molecule is CCCCCCCC[C@@H]1O[C@H]1CCOC. The molecule has 0 aromatic rings. The topological polar surface area (TPSA) is 21.8 Å². The summed E-state index contributed by atoms with van der Waals surface area (Å²) in [5.74, 6) is 0. The molecule has 0 aromatic carbocycles. The van der Waals surface area contributed by atoms with Crippen molar-refractivity contribution in [2.75, 3.05) is 13.7 Å². The quantitative estimate of drug-likeness (QED) is 0.410. The Morgan fingerprint density at radius 2 is 1.60 bits per heavy atom. The summed E-state index contributed by atoms with van der Waals surface area (Å²) in [6.07, 6.45) is 11.7. The van der Waals surface area contributed by atoms with E-state index in [-0.39, 0.29) is 0 Å². The van der Waals surface area contributed by atoms with E-state index >= 15 is 0 Å². The first-order valence-corrected chi connectivity index (χ1v) is 6.53. The van der Waals surface area contributed by atoms with Crippen LogP contribution in [0.3, 0.4) is 0 Å². The van der Waals surface area contributed by atoms with E-state index < -0.39 is 0 Å². The van der Waals surface area contributed by atoms with Gasteiger partial charge in [-0.05, 0) is 12.8 Å². The molecule has 2 heteroatoms. The van der Waals surface area contributed by atoms with E-state index in [2.05, 4.69) is 6.92 Å². The molecule has 1 aliphatic heterocycles. The van der Waals surface area contributed by atoms with Crippen molar-refractivity contribution in [2.45, 2.75) is 70.5 Å². The normalized spacial score (nSPS) is 24.4. The highest BCUT2D eigenvalue weighted by Crippen LogP contribution is 2.30. The van der Waals surface area contributed by atoms with Crippen LogP contribution < -0.4 is 0 Å². The molecule has 1 fully saturated rings. The molecule has 0 amide bonds. The first-order valence-electron chi connectivity index (χ1n) is 6.53. The monoisotopic (exact) mass is 214 g/mol. The van der Waals surface area contributed by atoms with Gasteiger partial charge in [0.1, 0.15) is 0 Å². The number of unbranched alkanes of at least 4 members (excludes halogenated alkanes) is 5. The summed E-state index contributed by atoms with van der Waals surface area (Å²) < 4.78 is 10.6. The number of ether oxygens (including phenoxy) is 2. The number of methoxy groups -OCH3 is 1. The van der Waals surface area contributed by atoms with Crippen molar-refractivity contribution >= 4 is 0 Å². The van der Waals surface area contributed by atoms with Crippen molar-refractivity contribution in [3.05, 3.63) is 0 Å². The molecule has 2 nitrogen and oxygen atoms in total. The van der Waals surface area contributed by atoms with Crippen molar-refractivity contribution in [1.82, 2.24) is 0 Å². The van der Waals surface area contributed by atoms with Crippen LogP contribution in [-0.2, 0) is 9.47 Å². The first-order chi connectivity index (χ1) is 7.38. The summed E-state index contributed by atoms with van der Waals surface area (Å²) in [7, 11) is 1.76. The van der Waals surface area contributed by atoms with E-state index in [9.17, 15) is 0 Å². The van der Waals surface area contributed by atoms with Gasteiger partial charge in [0.25, 0.3) is 0 Å². The van der Waals surface area contributed by atoms with Gasteiger partial charge in [-0.1, -0.05) is 45.4 Å². The van der Waals surface area contributed by atoms with E-state index in [0.29, 0.717) is 12.2 Å². The molecular formula is C13H26O2. The molecule has 1 heterocycles. The fraction of sp³-hybridized carbons (Fsp3) is 1.00. The number of epoxide rings is 1. The van der Waals surface area contributed by atoms with Crippen LogP contribution >= 0.6 is 0 Å². The predicted molar refractivity (Wildman–Crippen MR) is 63.1 cm³/mol. The number of hydrogen-bond acceptors (Lipinski definition) is 2. The Labute approximate surface area is 94.3 Å². The summed E-state index contributed by atoms with van der Waals surface area (Å²) in [6.45, 7) is 3.11. The number of hydrogen-bond donors (Lipinski definition) is 0. The predicted octanol–water partition coefficient (Wildman–Crippen LogP) is 3.54. The summed E-state index contributed by atoms with van der Waals surface area (Å²) in [5.41, 5.74) is 0. The highest BCUT2D eigenvalue weighted by atomic mass is 16.6.